The van der Waals surface area contributed by atoms with Crippen molar-refractivity contribution in [3.8, 4) is 0 Å². The number of rotatable bonds is 1. The van der Waals surface area contributed by atoms with E-state index >= 15 is 0 Å². The highest BCUT2D eigenvalue weighted by atomic mass is 19.4. The first-order valence-corrected chi connectivity index (χ1v) is 4.68. The molecule has 1 radical (unpaired) electrons. The van der Waals surface area contributed by atoms with Crippen molar-refractivity contribution in [2.45, 2.75) is 12.1 Å². The molecule has 0 aromatic heterocycles. The zero-order valence-corrected chi connectivity index (χ0v) is 8.35. The molecule has 5 heteroatoms. The van der Waals surface area contributed by atoms with Crippen molar-refractivity contribution in [1.29, 1.82) is 0 Å². The Morgan fingerprint density at radius 1 is 0.941 bits per heavy atom. The minimum atomic E-state index is -5.59. The minimum Gasteiger partial charge on any atom is -0.191 e. The van der Waals surface area contributed by atoms with Gasteiger partial charge in [0.15, 0.2) is 0 Å². The molecule has 0 aliphatic heterocycles. The molecule has 0 heterocycles. The van der Waals surface area contributed by atoms with Crippen LogP contribution in [0.1, 0.15) is 5.56 Å². The number of fused-ring (bicyclic) bond motifs is 1. The van der Waals surface area contributed by atoms with Crippen molar-refractivity contribution >= 4 is 10.8 Å². The number of benzene rings is 2. The molecule has 0 aliphatic rings. The highest BCUT2D eigenvalue weighted by Crippen LogP contribution is 2.44. The lowest BCUT2D eigenvalue weighted by Gasteiger charge is -2.20. The topological polar surface area (TPSA) is 0 Å². The van der Waals surface area contributed by atoms with E-state index in [9.17, 15) is 22.0 Å². The van der Waals surface area contributed by atoms with E-state index in [0.717, 1.165) is 6.07 Å². The highest BCUT2D eigenvalue weighted by molar-refractivity contribution is 5.82. The maximum atomic E-state index is 13.0. The molecule has 0 spiro atoms. The van der Waals surface area contributed by atoms with Gasteiger partial charge in [-0.25, -0.2) is 0 Å². The monoisotopic (exact) mass is 245 g/mol. The molecule has 0 saturated carbocycles. The predicted molar refractivity (Wildman–Crippen MR) is 52.7 cm³/mol. The van der Waals surface area contributed by atoms with Gasteiger partial charge in [0.25, 0.3) is 0 Å². The van der Waals surface area contributed by atoms with Gasteiger partial charge in [-0.2, -0.15) is 22.0 Å². The molecule has 2 aromatic carbocycles. The summed E-state index contributed by atoms with van der Waals surface area (Å²) < 4.78 is 62.6. The van der Waals surface area contributed by atoms with Gasteiger partial charge in [0, 0.05) is 5.56 Å². The molecule has 0 atom stereocenters. The molecule has 89 valence electrons. The predicted octanol–water partition coefficient (Wildman–Crippen LogP) is 4.29. The van der Waals surface area contributed by atoms with Crippen LogP contribution in [-0.2, 0) is 5.92 Å². The fraction of sp³-hybridized carbons (Fsp3) is 0.167. The van der Waals surface area contributed by atoms with Crippen molar-refractivity contribution < 1.29 is 22.0 Å². The molecule has 0 bridgehead atoms. The van der Waals surface area contributed by atoms with Crippen LogP contribution in [0, 0.1) is 6.07 Å². The van der Waals surface area contributed by atoms with Gasteiger partial charge in [-0.15, -0.1) is 0 Å². The zero-order chi connectivity index (χ0) is 12.7. The van der Waals surface area contributed by atoms with Gasteiger partial charge in [-0.1, -0.05) is 24.3 Å². The zero-order valence-electron chi connectivity index (χ0n) is 8.35. The third-order valence-corrected chi connectivity index (χ3v) is 2.37. The summed E-state index contributed by atoms with van der Waals surface area (Å²) in [7, 11) is 0. The second-order valence-corrected chi connectivity index (χ2v) is 3.55. The molecular formula is C12H6F5. The molecule has 2 rings (SSSR count). The molecule has 0 N–H and O–H groups in total. The van der Waals surface area contributed by atoms with Gasteiger partial charge in [-0.3, -0.25) is 0 Å². The largest absolute Gasteiger partial charge is 0.458 e. The van der Waals surface area contributed by atoms with E-state index in [1.165, 1.54) is 6.07 Å². The molecule has 17 heavy (non-hydrogen) atoms. The Morgan fingerprint density at radius 3 is 2.24 bits per heavy atom. The third-order valence-electron chi connectivity index (χ3n) is 2.37. The fourth-order valence-corrected chi connectivity index (χ4v) is 1.46. The average Bonchev–Trinajstić information content (AvgIpc) is 2.27. The van der Waals surface area contributed by atoms with Crippen molar-refractivity contribution in [2.75, 3.05) is 0 Å². The van der Waals surface area contributed by atoms with Crippen LogP contribution in [0.15, 0.2) is 36.4 Å². The van der Waals surface area contributed by atoms with Crippen LogP contribution in [0.5, 0.6) is 0 Å². The SMILES string of the molecule is FC(F)(F)C(F)(F)c1c[c]c2ccccc2c1. The summed E-state index contributed by atoms with van der Waals surface area (Å²) in [4.78, 5) is 0. The van der Waals surface area contributed by atoms with E-state index < -0.39 is 17.7 Å². The van der Waals surface area contributed by atoms with Crippen molar-refractivity contribution in [2.24, 2.45) is 0 Å². The van der Waals surface area contributed by atoms with E-state index in [2.05, 4.69) is 6.07 Å². The summed E-state index contributed by atoms with van der Waals surface area (Å²) in [5.41, 5.74) is -1.09. The summed E-state index contributed by atoms with van der Waals surface area (Å²) in [6, 6.07) is 10.2. The van der Waals surface area contributed by atoms with Crippen LogP contribution >= 0.6 is 0 Å². The van der Waals surface area contributed by atoms with Crippen molar-refractivity contribution in [3.05, 3.63) is 48.0 Å². The van der Waals surface area contributed by atoms with E-state index in [1.54, 1.807) is 18.2 Å². The Morgan fingerprint density at radius 2 is 1.59 bits per heavy atom. The van der Waals surface area contributed by atoms with Crippen LogP contribution < -0.4 is 0 Å². The molecule has 0 amide bonds. The van der Waals surface area contributed by atoms with Crippen molar-refractivity contribution in [1.82, 2.24) is 0 Å². The van der Waals surface area contributed by atoms with Crippen molar-refractivity contribution in [3.63, 3.8) is 0 Å². The number of hydrogen-bond acceptors (Lipinski definition) is 0. The lowest BCUT2D eigenvalue weighted by molar-refractivity contribution is -0.289. The first-order chi connectivity index (χ1) is 7.82. The maximum Gasteiger partial charge on any atom is 0.458 e. The van der Waals surface area contributed by atoms with Crippen LogP contribution in [0.4, 0.5) is 22.0 Å². The molecule has 2 aromatic rings. The van der Waals surface area contributed by atoms with E-state index in [-0.39, 0.29) is 0 Å². The Balaban J connectivity index is 2.57. The molecular weight excluding hydrogens is 239 g/mol. The molecule has 0 unspecified atom stereocenters. The number of halogens is 5. The molecule has 0 nitrogen and oxygen atoms in total. The number of hydrogen-bond donors (Lipinski definition) is 0. The van der Waals surface area contributed by atoms with Crippen LogP contribution in [-0.4, -0.2) is 6.18 Å². The lowest BCUT2D eigenvalue weighted by Crippen LogP contribution is -2.33. The van der Waals surface area contributed by atoms with Crippen LogP contribution in [0.3, 0.4) is 0 Å². The normalized spacial score (nSPS) is 13.0. The molecule has 0 saturated heterocycles. The smallest absolute Gasteiger partial charge is 0.191 e. The minimum absolute atomic E-state index is 0.300. The van der Waals surface area contributed by atoms with E-state index in [4.69, 9.17) is 0 Å². The lowest BCUT2D eigenvalue weighted by atomic mass is 10.0. The molecule has 0 fully saturated rings. The van der Waals surface area contributed by atoms with Crippen LogP contribution in [0.2, 0.25) is 0 Å². The molecule has 0 aliphatic carbocycles. The van der Waals surface area contributed by atoms with Gasteiger partial charge in [0.05, 0.1) is 0 Å². The average molecular weight is 245 g/mol. The summed E-state index contributed by atoms with van der Waals surface area (Å²) in [6.07, 6.45) is -5.59. The second-order valence-electron chi connectivity index (χ2n) is 3.55. The van der Waals surface area contributed by atoms with Crippen LogP contribution in [0.25, 0.3) is 10.8 Å². The fourth-order valence-electron chi connectivity index (χ4n) is 1.46. The van der Waals surface area contributed by atoms with Gasteiger partial charge < -0.3 is 0 Å². The van der Waals surface area contributed by atoms with E-state index in [0.29, 0.717) is 16.8 Å². The summed E-state index contributed by atoms with van der Waals surface area (Å²) in [5.74, 6) is -4.85. The quantitative estimate of drug-likeness (QED) is 0.657. The first-order valence-electron chi connectivity index (χ1n) is 4.68. The Kier molecular flexibility index (Phi) is 2.56. The summed E-state index contributed by atoms with van der Waals surface area (Å²) in [5, 5.41) is 0.795. The van der Waals surface area contributed by atoms with Gasteiger partial charge in [-0.05, 0) is 29.0 Å². The highest BCUT2D eigenvalue weighted by Gasteiger charge is 2.58. The second kappa shape index (κ2) is 3.68. The Hall–Kier alpha value is -1.65. The third kappa shape index (κ3) is 1.97. The summed E-state index contributed by atoms with van der Waals surface area (Å²) in [6.45, 7) is 0. The number of alkyl halides is 5. The standard InChI is InChI=1S/C12H6F5/c13-11(14,12(15,16)17)10-6-5-8-3-1-2-4-9(8)7-10/h1-4,6-7H. The Bertz CT molecular complexity index is 542. The van der Waals surface area contributed by atoms with Gasteiger partial charge in [0.1, 0.15) is 0 Å². The van der Waals surface area contributed by atoms with Gasteiger partial charge >= 0.3 is 12.1 Å². The van der Waals surface area contributed by atoms with Gasteiger partial charge in [0.2, 0.25) is 0 Å². The summed E-state index contributed by atoms with van der Waals surface area (Å²) >= 11 is 0. The maximum absolute atomic E-state index is 13.0. The Labute approximate surface area is 93.7 Å². The van der Waals surface area contributed by atoms with E-state index in [1.807, 2.05) is 0 Å². The first kappa shape index (κ1) is 11.8.